The molecule has 2 rings (SSSR count). The Kier molecular flexibility index (Phi) is 5.79. The van der Waals surface area contributed by atoms with Crippen molar-refractivity contribution in [3.63, 3.8) is 0 Å². The molecule has 0 saturated carbocycles. The Hall–Kier alpha value is -1.42. The predicted molar refractivity (Wildman–Crippen MR) is 95.1 cm³/mol. The molecule has 2 unspecified atom stereocenters. The van der Waals surface area contributed by atoms with Crippen LogP contribution in [0, 0.1) is 0 Å². The maximum Gasteiger partial charge on any atom is 0.410 e. The van der Waals surface area contributed by atoms with Crippen LogP contribution in [0.15, 0.2) is 24.3 Å². The number of nitrogens with one attached hydrogen (secondary N) is 1. The predicted octanol–water partition coefficient (Wildman–Crippen LogP) is 4.93. The summed E-state index contributed by atoms with van der Waals surface area (Å²) in [6.07, 6.45) is 2.78. The minimum Gasteiger partial charge on any atom is -0.444 e. The monoisotopic (exact) mass is 338 g/mol. The van der Waals surface area contributed by atoms with E-state index in [9.17, 15) is 4.79 Å². The Morgan fingerprint density at radius 1 is 1.39 bits per heavy atom. The van der Waals surface area contributed by atoms with Gasteiger partial charge in [-0.05, 0) is 71.2 Å². The van der Waals surface area contributed by atoms with Gasteiger partial charge >= 0.3 is 6.09 Å². The number of rotatable bonds is 4. The summed E-state index contributed by atoms with van der Waals surface area (Å²) in [5.41, 5.74) is 0.598. The first kappa shape index (κ1) is 17.9. The number of likely N-dealkylation sites (tertiary alicyclic amines) is 1. The Morgan fingerprint density at radius 3 is 2.65 bits per heavy atom. The summed E-state index contributed by atoms with van der Waals surface area (Å²) >= 11 is 5.91. The van der Waals surface area contributed by atoms with Crippen LogP contribution < -0.4 is 5.32 Å². The van der Waals surface area contributed by atoms with Gasteiger partial charge in [-0.3, -0.25) is 0 Å². The molecule has 0 aromatic heterocycles. The van der Waals surface area contributed by atoms with Gasteiger partial charge in [-0.25, -0.2) is 4.79 Å². The fourth-order valence-electron chi connectivity index (χ4n) is 2.94. The van der Waals surface area contributed by atoms with Gasteiger partial charge in [0, 0.05) is 29.3 Å². The van der Waals surface area contributed by atoms with E-state index in [4.69, 9.17) is 16.3 Å². The van der Waals surface area contributed by atoms with Crippen LogP contribution in [0.5, 0.6) is 0 Å². The van der Waals surface area contributed by atoms with Gasteiger partial charge in [0.1, 0.15) is 5.60 Å². The van der Waals surface area contributed by atoms with E-state index >= 15 is 0 Å². The van der Waals surface area contributed by atoms with Gasteiger partial charge in [0.05, 0.1) is 0 Å². The summed E-state index contributed by atoms with van der Waals surface area (Å²) in [4.78, 5) is 14.2. The molecule has 128 valence electrons. The number of nitrogens with zero attached hydrogens (tertiary/aromatic N) is 1. The lowest BCUT2D eigenvalue weighted by molar-refractivity contribution is 0.0218. The van der Waals surface area contributed by atoms with Crippen LogP contribution in [-0.2, 0) is 4.74 Å². The second kappa shape index (κ2) is 7.43. The highest BCUT2D eigenvalue weighted by atomic mass is 35.5. The topological polar surface area (TPSA) is 41.6 Å². The van der Waals surface area contributed by atoms with E-state index in [1.54, 1.807) is 0 Å². The molecular weight excluding hydrogens is 312 g/mol. The second-order valence-electron chi connectivity index (χ2n) is 7.26. The summed E-state index contributed by atoms with van der Waals surface area (Å²) in [5, 5.41) is 4.20. The van der Waals surface area contributed by atoms with Crippen molar-refractivity contribution in [3.05, 3.63) is 29.3 Å². The number of hydrogen-bond donors (Lipinski definition) is 1. The molecule has 1 fully saturated rings. The zero-order chi connectivity index (χ0) is 17.0. The normalized spacial score (nSPS) is 19.5. The largest absolute Gasteiger partial charge is 0.444 e. The molecule has 1 aliphatic heterocycles. The third-order valence-electron chi connectivity index (χ3n) is 3.89. The maximum absolute atomic E-state index is 12.3. The van der Waals surface area contributed by atoms with Gasteiger partial charge in [-0.2, -0.15) is 0 Å². The number of carbonyl (C=O) groups excluding carboxylic acids is 1. The van der Waals surface area contributed by atoms with Gasteiger partial charge in [-0.1, -0.05) is 11.6 Å². The average Bonchev–Trinajstić information content (AvgIpc) is 2.87. The van der Waals surface area contributed by atoms with E-state index in [0.29, 0.717) is 0 Å². The lowest BCUT2D eigenvalue weighted by Gasteiger charge is -2.30. The van der Waals surface area contributed by atoms with Gasteiger partial charge < -0.3 is 15.0 Å². The van der Waals surface area contributed by atoms with E-state index in [-0.39, 0.29) is 18.2 Å². The van der Waals surface area contributed by atoms with Crippen molar-refractivity contribution in [1.29, 1.82) is 0 Å². The molecule has 1 N–H and O–H groups in total. The molecule has 5 heteroatoms. The van der Waals surface area contributed by atoms with Crippen LogP contribution in [-0.4, -0.2) is 35.2 Å². The number of amides is 1. The first-order valence-corrected chi connectivity index (χ1v) is 8.64. The Balaban J connectivity index is 1.90. The van der Waals surface area contributed by atoms with Crippen LogP contribution in [0.3, 0.4) is 0 Å². The Morgan fingerprint density at radius 2 is 2.04 bits per heavy atom. The van der Waals surface area contributed by atoms with Crippen molar-refractivity contribution in [1.82, 2.24) is 4.90 Å². The summed E-state index contributed by atoms with van der Waals surface area (Å²) in [6, 6.07) is 8.19. The highest BCUT2D eigenvalue weighted by Gasteiger charge is 2.32. The van der Waals surface area contributed by atoms with Crippen LogP contribution in [0.1, 0.15) is 47.0 Å². The quantitative estimate of drug-likeness (QED) is 0.846. The van der Waals surface area contributed by atoms with Gasteiger partial charge in [0.25, 0.3) is 0 Å². The first-order chi connectivity index (χ1) is 10.7. The molecule has 2 atom stereocenters. The number of hydrogen-bond acceptors (Lipinski definition) is 3. The number of anilines is 1. The van der Waals surface area contributed by atoms with E-state index in [1.807, 2.05) is 49.9 Å². The first-order valence-electron chi connectivity index (χ1n) is 8.26. The highest BCUT2D eigenvalue weighted by Crippen LogP contribution is 2.25. The summed E-state index contributed by atoms with van der Waals surface area (Å²) in [5.74, 6) is 0. The van der Waals surface area contributed by atoms with Crippen molar-refractivity contribution < 1.29 is 9.53 Å². The minimum absolute atomic E-state index is 0.196. The molecule has 23 heavy (non-hydrogen) atoms. The Labute approximate surface area is 144 Å². The van der Waals surface area contributed by atoms with Crippen molar-refractivity contribution in [2.75, 3.05) is 11.9 Å². The molecule has 0 aliphatic carbocycles. The SMILES string of the molecule is CC(CC1CCCN1C(=O)OC(C)(C)C)Nc1ccc(Cl)cc1. The molecular formula is C18H27ClN2O2. The molecule has 1 aromatic rings. The average molecular weight is 339 g/mol. The third-order valence-corrected chi connectivity index (χ3v) is 4.14. The van der Waals surface area contributed by atoms with Crippen LogP contribution in [0.2, 0.25) is 5.02 Å². The Bertz CT molecular complexity index is 525. The van der Waals surface area contributed by atoms with E-state index < -0.39 is 5.60 Å². The van der Waals surface area contributed by atoms with E-state index in [2.05, 4.69) is 12.2 Å². The van der Waals surface area contributed by atoms with E-state index in [0.717, 1.165) is 36.5 Å². The molecule has 1 amide bonds. The highest BCUT2D eigenvalue weighted by molar-refractivity contribution is 6.30. The summed E-state index contributed by atoms with van der Waals surface area (Å²) in [6.45, 7) is 8.63. The van der Waals surface area contributed by atoms with Crippen molar-refractivity contribution in [2.45, 2.75) is 64.6 Å². The molecule has 1 saturated heterocycles. The van der Waals surface area contributed by atoms with Gasteiger partial charge in [0.15, 0.2) is 0 Å². The smallest absolute Gasteiger partial charge is 0.410 e. The number of carbonyl (C=O) groups is 1. The van der Waals surface area contributed by atoms with E-state index in [1.165, 1.54) is 0 Å². The molecule has 0 radical (unpaired) electrons. The van der Waals surface area contributed by atoms with Crippen LogP contribution in [0.4, 0.5) is 10.5 Å². The molecule has 1 heterocycles. The number of benzene rings is 1. The zero-order valence-corrected chi connectivity index (χ0v) is 15.2. The minimum atomic E-state index is -0.447. The van der Waals surface area contributed by atoms with Crippen LogP contribution >= 0.6 is 11.6 Å². The van der Waals surface area contributed by atoms with Crippen LogP contribution in [0.25, 0.3) is 0 Å². The molecule has 1 aliphatic rings. The lowest BCUT2D eigenvalue weighted by atomic mass is 10.1. The third kappa shape index (κ3) is 5.61. The standard InChI is InChI=1S/C18H27ClN2O2/c1-13(20-15-9-7-14(19)8-10-15)12-16-6-5-11-21(16)17(22)23-18(2,3)4/h7-10,13,16,20H,5-6,11-12H2,1-4H3. The molecule has 1 aromatic carbocycles. The van der Waals surface area contributed by atoms with Crippen molar-refractivity contribution >= 4 is 23.4 Å². The fourth-order valence-corrected chi connectivity index (χ4v) is 3.07. The van der Waals surface area contributed by atoms with Crippen molar-refractivity contribution in [3.8, 4) is 0 Å². The number of halogens is 1. The van der Waals surface area contributed by atoms with Gasteiger partial charge in [-0.15, -0.1) is 0 Å². The van der Waals surface area contributed by atoms with Crippen molar-refractivity contribution in [2.24, 2.45) is 0 Å². The maximum atomic E-state index is 12.3. The second-order valence-corrected chi connectivity index (χ2v) is 7.69. The summed E-state index contributed by atoms with van der Waals surface area (Å²) < 4.78 is 5.52. The molecule has 4 nitrogen and oxygen atoms in total. The van der Waals surface area contributed by atoms with Gasteiger partial charge in [0.2, 0.25) is 0 Å². The molecule has 0 bridgehead atoms. The zero-order valence-electron chi connectivity index (χ0n) is 14.4. The summed E-state index contributed by atoms with van der Waals surface area (Å²) in [7, 11) is 0. The number of ether oxygens (including phenoxy) is 1. The fraction of sp³-hybridized carbons (Fsp3) is 0.611. The molecule has 0 spiro atoms. The lowest BCUT2D eigenvalue weighted by Crippen LogP contribution is -2.41.